The molecule has 1 rings (SSSR count). The zero-order valence-electron chi connectivity index (χ0n) is 18.8. The summed E-state index contributed by atoms with van der Waals surface area (Å²) >= 11 is 0. The first-order valence-corrected chi connectivity index (χ1v) is 12.1. The van der Waals surface area contributed by atoms with Crippen LogP contribution in [0.3, 0.4) is 0 Å². The van der Waals surface area contributed by atoms with Crippen LogP contribution in [0.15, 0.2) is 0 Å². The van der Waals surface area contributed by atoms with Crippen LogP contribution in [0, 0.1) is 11.8 Å². The zero-order chi connectivity index (χ0) is 19.6. The minimum absolute atomic E-state index is 0.685. The van der Waals surface area contributed by atoms with Crippen LogP contribution in [-0.2, 0) is 0 Å². The highest BCUT2D eigenvalue weighted by Gasteiger charge is 2.35. The molecule has 0 radical (unpaired) electrons. The molecule has 162 valence electrons. The van der Waals surface area contributed by atoms with Gasteiger partial charge in [0.2, 0.25) is 0 Å². The Kier molecular flexibility index (Phi) is 16.5. The summed E-state index contributed by atoms with van der Waals surface area (Å²) in [6, 6.07) is 0.685. The van der Waals surface area contributed by atoms with Crippen LogP contribution in [0.1, 0.15) is 85.0 Å². The Morgan fingerprint density at radius 2 is 1.19 bits per heavy atom. The summed E-state index contributed by atoms with van der Waals surface area (Å²) in [4.78, 5) is 0. The number of unbranched alkanes of at least 4 members (excludes halogenated alkanes) is 4. The smallest absolute Gasteiger partial charge is 0.00386 e. The van der Waals surface area contributed by atoms with E-state index in [2.05, 4.69) is 42.0 Å². The predicted molar refractivity (Wildman–Crippen MR) is 121 cm³/mol. The normalized spacial score (nSPS) is 20.1. The van der Waals surface area contributed by atoms with Crippen molar-refractivity contribution in [1.82, 2.24) is 21.3 Å². The summed E-state index contributed by atoms with van der Waals surface area (Å²) in [5.41, 5.74) is 0. The van der Waals surface area contributed by atoms with Gasteiger partial charge in [-0.2, -0.15) is 0 Å². The Balaban J connectivity index is 1.74. The predicted octanol–water partition coefficient (Wildman–Crippen LogP) is 3.92. The lowest BCUT2D eigenvalue weighted by Crippen LogP contribution is -2.27. The van der Waals surface area contributed by atoms with Crippen molar-refractivity contribution in [2.24, 2.45) is 11.8 Å². The maximum Gasteiger partial charge on any atom is 0.00386 e. The molecule has 3 atom stereocenters. The highest BCUT2D eigenvalue weighted by molar-refractivity contribution is 4.89. The molecule has 0 bridgehead atoms. The van der Waals surface area contributed by atoms with E-state index < -0.39 is 0 Å². The molecular formula is C23H50N4. The Bertz CT molecular complexity index is 311. The van der Waals surface area contributed by atoms with Gasteiger partial charge in [-0.25, -0.2) is 0 Å². The van der Waals surface area contributed by atoms with E-state index in [1.165, 1.54) is 110 Å². The topological polar surface area (TPSA) is 48.1 Å². The van der Waals surface area contributed by atoms with Gasteiger partial charge >= 0.3 is 0 Å². The van der Waals surface area contributed by atoms with Crippen LogP contribution in [0.4, 0.5) is 0 Å². The molecule has 1 saturated carbocycles. The van der Waals surface area contributed by atoms with Gasteiger partial charge < -0.3 is 21.3 Å². The van der Waals surface area contributed by atoms with E-state index in [1.807, 2.05) is 0 Å². The quantitative estimate of drug-likeness (QED) is 0.227. The van der Waals surface area contributed by atoms with Crippen LogP contribution in [0.2, 0.25) is 0 Å². The largest absolute Gasteiger partial charge is 0.317 e. The van der Waals surface area contributed by atoms with E-state index in [4.69, 9.17) is 0 Å². The number of hydrogen-bond acceptors (Lipinski definition) is 4. The lowest BCUT2D eigenvalue weighted by atomic mass is 10.2. The number of rotatable bonds is 21. The molecule has 1 aliphatic carbocycles. The summed E-state index contributed by atoms with van der Waals surface area (Å²) in [7, 11) is 0. The van der Waals surface area contributed by atoms with Gasteiger partial charge in [-0.3, -0.25) is 0 Å². The van der Waals surface area contributed by atoms with E-state index in [-0.39, 0.29) is 0 Å². The average Bonchev–Trinajstić information content (AvgIpc) is 3.41. The van der Waals surface area contributed by atoms with Crippen molar-refractivity contribution in [2.75, 3.05) is 45.8 Å². The van der Waals surface area contributed by atoms with E-state index >= 15 is 0 Å². The third-order valence-corrected chi connectivity index (χ3v) is 5.79. The summed E-state index contributed by atoms with van der Waals surface area (Å²) < 4.78 is 0. The van der Waals surface area contributed by atoms with Gasteiger partial charge in [0.1, 0.15) is 0 Å². The second kappa shape index (κ2) is 17.9. The molecule has 1 aliphatic rings. The fourth-order valence-corrected chi connectivity index (χ4v) is 3.77. The Hall–Kier alpha value is -0.160. The second-order valence-electron chi connectivity index (χ2n) is 8.68. The van der Waals surface area contributed by atoms with Gasteiger partial charge in [-0.15, -0.1) is 0 Å². The minimum Gasteiger partial charge on any atom is -0.317 e. The van der Waals surface area contributed by atoms with Gasteiger partial charge in [0.05, 0.1) is 0 Å². The zero-order valence-corrected chi connectivity index (χ0v) is 18.8. The third kappa shape index (κ3) is 15.4. The van der Waals surface area contributed by atoms with Crippen molar-refractivity contribution in [3.8, 4) is 0 Å². The Labute approximate surface area is 170 Å². The van der Waals surface area contributed by atoms with Crippen molar-refractivity contribution in [3.05, 3.63) is 0 Å². The first-order chi connectivity index (χ1) is 13.3. The Morgan fingerprint density at radius 1 is 0.667 bits per heavy atom. The summed E-state index contributed by atoms with van der Waals surface area (Å²) in [5.74, 6) is 1.86. The first kappa shape index (κ1) is 24.9. The SMILES string of the molecule is CCCCCNCCCCNC[C@H]1C[C@H]1CNCCCCNC(C)CCC. The molecule has 4 nitrogen and oxygen atoms in total. The average molecular weight is 383 g/mol. The third-order valence-electron chi connectivity index (χ3n) is 5.79. The molecule has 0 saturated heterocycles. The van der Waals surface area contributed by atoms with Gasteiger partial charge in [0, 0.05) is 6.04 Å². The van der Waals surface area contributed by atoms with Gasteiger partial charge in [-0.1, -0.05) is 33.1 Å². The highest BCUT2D eigenvalue weighted by Crippen LogP contribution is 2.36. The molecule has 1 unspecified atom stereocenters. The highest BCUT2D eigenvalue weighted by atomic mass is 14.9. The standard InChI is InChI=1S/C23H50N4/c1-4-6-7-13-24-14-8-9-15-25-19-22-18-23(22)20-26-16-10-11-17-27-21(3)12-5-2/h21-27H,4-20H2,1-3H3/t21?,22-,23+/m1/s1. The van der Waals surface area contributed by atoms with E-state index in [0.29, 0.717) is 6.04 Å². The van der Waals surface area contributed by atoms with Crippen molar-refractivity contribution in [1.29, 1.82) is 0 Å². The summed E-state index contributed by atoms with van der Waals surface area (Å²) in [5, 5.41) is 14.5. The molecule has 0 aromatic rings. The molecule has 0 heterocycles. The maximum absolute atomic E-state index is 3.67. The molecule has 0 aromatic heterocycles. The van der Waals surface area contributed by atoms with Crippen molar-refractivity contribution < 1.29 is 0 Å². The molecule has 0 aliphatic heterocycles. The van der Waals surface area contributed by atoms with E-state index in [9.17, 15) is 0 Å². The van der Waals surface area contributed by atoms with Crippen LogP contribution in [0.5, 0.6) is 0 Å². The lowest BCUT2D eigenvalue weighted by Gasteiger charge is -2.12. The fraction of sp³-hybridized carbons (Fsp3) is 1.00. The van der Waals surface area contributed by atoms with E-state index in [1.54, 1.807) is 0 Å². The summed E-state index contributed by atoms with van der Waals surface area (Å²) in [6.07, 6.45) is 13.2. The fourth-order valence-electron chi connectivity index (χ4n) is 3.77. The van der Waals surface area contributed by atoms with Crippen molar-refractivity contribution in [3.63, 3.8) is 0 Å². The molecule has 27 heavy (non-hydrogen) atoms. The molecule has 1 fully saturated rings. The van der Waals surface area contributed by atoms with Crippen LogP contribution < -0.4 is 21.3 Å². The molecule has 4 N–H and O–H groups in total. The van der Waals surface area contributed by atoms with Crippen LogP contribution in [0.25, 0.3) is 0 Å². The van der Waals surface area contributed by atoms with Crippen LogP contribution in [-0.4, -0.2) is 51.9 Å². The van der Waals surface area contributed by atoms with Crippen molar-refractivity contribution >= 4 is 0 Å². The van der Waals surface area contributed by atoms with Gasteiger partial charge in [-0.05, 0) is 110 Å². The second-order valence-corrected chi connectivity index (χ2v) is 8.68. The minimum atomic E-state index is 0.685. The van der Waals surface area contributed by atoms with Crippen molar-refractivity contribution in [2.45, 2.75) is 91.0 Å². The molecule has 0 spiro atoms. The van der Waals surface area contributed by atoms with Gasteiger partial charge in [0.15, 0.2) is 0 Å². The maximum atomic E-state index is 3.67. The number of hydrogen-bond donors (Lipinski definition) is 4. The number of nitrogens with one attached hydrogen (secondary N) is 4. The monoisotopic (exact) mass is 382 g/mol. The van der Waals surface area contributed by atoms with Crippen LogP contribution >= 0.6 is 0 Å². The first-order valence-electron chi connectivity index (χ1n) is 12.1. The van der Waals surface area contributed by atoms with Gasteiger partial charge in [0.25, 0.3) is 0 Å². The molecule has 4 heteroatoms. The molecular weight excluding hydrogens is 332 g/mol. The summed E-state index contributed by atoms with van der Waals surface area (Å²) in [6.45, 7) is 15.2. The molecule has 0 amide bonds. The lowest BCUT2D eigenvalue weighted by molar-refractivity contribution is 0.486. The Morgan fingerprint density at radius 3 is 1.74 bits per heavy atom. The van der Waals surface area contributed by atoms with E-state index in [0.717, 1.165) is 11.8 Å². The molecule has 0 aromatic carbocycles.